The monoisotopic (exact) mass is 260 g/mol. The van der Waals surface area contributed by atoms with Crippen LogP contribution >= 0.6 is 0 Å². The van der Waals surface area contributed by atoms with Gasteiger partial charge in [-0.05, 0) is 24.1 Å². The third kappa shape index (κ3) is 5.38. The second kappa shape index (κ2) is 7.36. The molecule has 0 atom stereocenters. The van der Waals surface area contributed by atoms with Crippen LogP contribution < -0.4 is 5.32 Å². The zero-order valence-corrected chi connectivity index (χ0v) is 11.6. The molecular formula is C15H20N2O2. The summed E-state index contributed by atoms with van der Waals surface area (Å²) in [6, 6.07) is 7.47. The average Bonchev–Trinajstić information content (AvgIpc) is 2.37. The highest BCUT2D eigenvalue weighted by molar-refractivity contribution is 5.94. The first-order valence-electron chi connectivity index (χ1n) is 6.23. The van der Waals surface area contributed by atoms with Crippen LogP contribution in [-0.4, -0.2) is 37.4 Å². The molecule has 0 aliphatic rings. The molecule has 2 amide bonds. The quantitative estimate of drug-likeness (QED) is 0.822. The number of carbonyl (C=O) groups excluding carboxylic acids is 2. The van der Waals surface area contributed by atoms with Gasteiger partial charge in [-0.1, -0.05) is 24.3 Å². The van der Waals surface area contributed by atoms with Crippen molar-refractivity contribution in [3.8, 4) is 0 Å². The lowest BCUT2D eigenvalue weighted by Crippen LogP contribution is -2.21. The SMILES string of the molecule is CC(=O)NCCC=Cc1cccc(C(=O)N(C)C)c1. The highest BCUT2D eigenvalue weighted by Crippen LogP contribution is 2.09. The minimum atomic E-state index is -0.0213. The predicted octanol–water partition coefficient (Wildman–Crippen LogP) is 1.93. The number of benzene rings is 1. The summed E-state index contributed by atoms with van der Waals surface area (Å²) in [6.07, 6.45) is 4.70. The maximum atomic E-state index is 11.8. The van der Waals surface area contributed by atoms with Crippen molar-refractivity contribution in [2.24, 2.45) is 0 Å². The fourth-order valence-corrected chi connectivity index (χ4v) is 1.58. The van der Waals surface area contributed by atoms with Gasteiger partial charge in [0.25, 0.3) is 5.91 Å². The summed E-state index contributed by atoms with van der Waals surface area (Å²) in [6.45, 7) is 2.13. The highest BCUT2D eigenvalue weighted by atomic mass is 16.2. The number of amides is 2. The molecule has 0 aliphatic heterocycles. The van der Waals surface area contributed by atoms with Gasteiger partial charge in [-0.25, -0.2) is 0 Å². The molecule has 1 rings (SSSR count). The first-order chi connectivity index (χ1) is 9.00. The van der Waals surface area contributed by atoms with Gasteiger partial charge in [0.15, 0.2) is 0 Å². The molecule has 0 saturated carbocycles. The highest BCUT2D eigenvalue weighted by Gasteiger charge is 2.06. The topological polar surface area (TPSA) is 49.4 Å². The summed E-state index contributed by atoms with van der Waals surface area (Å²) in [7, 11) is 3.47. The predicted molar refractivity (Wildman–Crippen MR) is 76.8 cm³/mol. The summed E-state index contributed by atoms with van der Waals surface area (Å²) in [5.74, 6) is -0.0273. The molecule has 4 nitrogen and oxygen atoms in total. The van der Waals surface area contributed by atoms with Crippen LogP contribution in [0, 0.1) is 0 Å². The van der Waals surface area contributed by atoms with Crippen molar-refractivity contribution < 1.29 is 9.59 Å². The van der Waals surface area contributed by atoms with E-state index in [1.54, 1.807) is 25.1 Å². The van der Waals surface area contributed by atoms with Gasteiger partial charge in [-0.15, -0.1) is 0 Å². The smallest absolute Gasteiger partial charge is 0.253 e. The standard InChI is InChI=1S/C15H20N2O2/c1-12(18)16-10-5-4-7-13-8-6-9-14(11-13)15(19)17(2)3/h4,6-9,11H,5,10H2,1-3H3,(H,16,18). The maximum absolute atomic E-state index is 11.8. The number of rotatable bonds is 5. The van der Waals surface area contributed by atoms with Crippen molar-refractivity contribution in [2.45, 2.75) is 13.3 Å². The van der Waals surface area contributed by atoms with Gasteiger partial charge in [-0.3, -0.25) is 9.59 Å². The zero-order chi connectivity index (χ0) is 14.3. The molecule has 0 saturated heterocycles. The van der Waals surface area contributed by atoms with E-state index in [2.05, 4.69) is 5.32 Å². The summed E-state index contributed by atoms with van der Waals surface area (Å²) >= 11 is 0. The number of hydrogen-bond donors (Lipinski definition) is 1. The van der Waals surface area contributed by atoms with E-state index < -0.39 is 0 Å². The van der Waals surface area contributed by atoms with Crippen LogP contribution in [0.3, 0.4) is 0 Å². The van der Waals surface area contributed by atoms with Crippen molar-refractivity contribution in [1.82, 2.24) is 10.2 Å². The molecule has 0 unspecified atom stereocenters. The Morgan fingerprint density at radius 3 is 2.68 bits per heavy atom. The maximum Gasteiger partial charge on any atom is 0.253 e. The molecule has 0 fully saturated rings. The molecule has 0 bridgehead atoms. The van der Waals surface area contributed by atoms with Crippen LogP contribution in [0.2, 0.25) is 0 Å². The Morgan fingerprint density at radius 1 is 1.32 bits per heavy atom. The van der Waals surface area contributed by atoms with Crippen molar-refractivity contribution in [3.05, 3.63) is 41.5 Å². The van der Waals surface area contributed by atoms with E-state index >= 15 is 0 Å². The summed E-state index contributed by atoms with van der Waals surface area (Å²) in [5.41, 5.74) is 1.66. The Morgan fingerprint density at radius 2 is 2.05 bits per heavy atom. The fraction of sp³-hybridized carbons (Fsp3) is 0.333. The van der Waals surface area contributed by atoms with Gasteiger partial charge in [-0.2, -0.15) is 0 Å². The average molecular weight is 260 g/mol. The number of nitrogens with zero attached hydrogens (tertiary/aromatic N) is 1. The van der Waals surface area contributed by atoms with Crippen molar-refractivity contribution in [2.75, 3.05) is 20.6 Å². The van der Waals surface area contributed by atoms with Crippen LogP contribution in [0.15, 0.2) is 30.3 Å². The number of carbonyl (C=O) groups is 2. The molecule has 1 N–H and O–H groups in total. The molecule has 0 spiro atoms. The molecule has 19 heavy (non-hydrogen) atoms. The minimum Gasteiger partial charge on any atom is -0.356 e. The van der Waals surface area contributed by atoms with Gasteiger partial charge in [0.2, 0.25) is 5.91 Å². The van der Waals surface area contributed by atoms with Gasteiger partial charge < -0.3 is 10.2 Å². The largest absolute Gasteiger partial charge is 0.356 e. The Kier molecular flexibility index (Phi) is 5.79. The molecule has 4 heteroatoms. The molecule has 102 valence electrons. The third-order valence-corrected chi connectivity index (χ3v) is 2.54. The summed E-state index contributed by atoms with van der Waals surface area (Å²) < 4.78 is 0. The second-order valence-corrected chi connectivity index (χ2v) is 4.50. The van der Waals surface area contributed by atoms with Crippen LogP contribution in [0.4, 0.5) is 0 Å². The van der Waals surface area contributed by atoms with E-state index in [1.807, 2.05) is 30.4 Å². The molecule has 0 heterocycles. The van der Waals surface area contributed by atoms with E-state index in [-0.39, 0.29) is 11.8 Å². The van der Waals surface area contributed by atoms with Crippen molar-refractivity contribution >= 4 is 17.9 Å². The molecule has 0 radical (unpaired) electrons. The Balaban J connectivity index is 2.59. The third-order valence-electron chi connectivity index (χ3n) is 2.54. The second-order valence-electron chi connectivity index (χ2n) is 4.50. The molecule has 0 aromatic heterocycles. The van der Waals surface area contributed by atoms with Crippen LogP contribution in [0.25, 0.3) is 6.08 Å². The van der Waals surface area contributed by atoms with E-state index in [1.165, 1.54) is 6.92 Å². The van der Waals surface area contributed by atoms with Crippen LogP contribution in [0.1, 0.15) is 29.3 Å². The Bertz CT molecular complexity index is 479. The molecule has 1 aromatic rings. The van der Waals surface area contributed by atoms with Gasteiger partial charge in [0.05, 0.1) is 0 Å². The van der Waals surface area contributed by atoms with Crippen LogP contribution in [0.5, 0.6) is 0 Å². The molecule has 0 aliphatic carbocycles. The van der Waals surface area contributed by atoms with E-state index in [9.17, 15) is 9.59 Å². The molecule has 1 aromatic carbocycles. The van der Waals surface area contributed by atoms with Crippen LogP contribution in [-0.2, 0) is 4.79 Å². The van der Waals surface area contributed by atoms with Crippen molar-refractivity contribution in [3.63, 3.8) is 0 Å². The zero-order valence-electron chi connectivity index (χ0n) is 11.6. The Hall–Kier alpha value is -2.10. The van der Waals surface area contributed by atoms with Gasteiger partial charge in [0, 0.05) is 33.1 Å². The van der Waals surface area contributed by atoms with E-state index in [4.69, 9.17) is 0 Å². The first kappa shape index (κ1) is 15.0. The van der Waals surface area contributed by atoms with Gasteiger partial charge in [0.1, 0.15) is 0 Å². The molecular weight excluding hydrogens is 240 g/mol. The fourth-order valence-electron chi connectivity index (χ4n) is 1.58. The first-order valence-corrected chi connectivity index (χ1v) is 6.23. The van der Waals surface area contributed by atoms with E-state index in [0.29, 0.717) is 12.1 Å². The number of nitrogens with one attached hydrogen (secondary N) is 1. The lowest BCUT2D eigenvalue weighted by Gasteiger charge is -2.10. The van der Waals surface area contributed by atoms with E-state index in [0.717, 1.165) is 12.0 Å². The Labute approximate surface area is 114 Å². The number of hydrogen-bond acceptors (Lipinski definition) is 2. The normalized spacial score (nSPS) is 10.5. The minimum absolute atomic E-state index is 0.00602. The summed E-state index contributed by atoms with van der Waals surface area (Å²) in [4.78, 5) is 24.0. The lowest BCUT2D eigenvalue weighted by molar-refractivity contribution is -0.118. The summed E-state index contributed by atoms with van der Waals surface area (Å²) in [5, 5.41) is 2.73. The lowest BCUT2D eigenvalue weighted by atomic mass is 10.1. The van der Waals surface area contributed by atoms with Gasteiger partial charge >= 0.3 is 0 Å². The van der Waals surface area contributed by atoms with Crippen molar-refractivity contribution in [1.29, 1.82) is 0 Å².